The first-order chi connectivity index (χ1) is 15.6. The minimum atomic E-state index is -0.854. The topological polar surface area (TPSA) is 89.9 Å². The van der Waals surface area contributed by atoms with Gasteiger partial charge in [-0.2, -0.15) is 4.98 Å². The standard InChI is InChI=1S/C22H18F2N6O2/c23-16-7-4-8-17(24)19(16)22(31)29-11-9-15(10-12-29)30-13-18(26-28-30)21-25-20(27-32-21)14-5-2-1-3-6-14/h1-8,13,15H,9-12H2. The molecule has 2 aromatic heterocycles. The summed E-state index contributed by atoms with van der Waals surface area (Å²) in [5, 5.41) is 12.3. The van der Waals surface area contributed by atoms with Crippen molar-refractivity contribution in [1.29, 1.82) is 0 Å². The van der Waals surface area contributed by atoms with E-state index in [1.807, 2.05) is 30.3 Å². The summed E-state index contributed by atoms with van der Waals surface area (Å²) in [6, 6.07) is 12.8. The summed E-state index contributed by atoms with van der Waals surface area (Å²) in [4.78, 5) is 18.4. The van der Waals surface area contributed by atoms with Crippen LogP contribution in [-0.2, 0) is 0 Å². The Hall–Kier alpha value is -3.95. The first-order valence-electron chi connectivity index (χ1n) is 10.1. The van der Waals surface area contributed by atoms with Gasteiger partial charge < -0.3 is 9.42 Å². The lowest BCUT2D eigenvalue weighted by Gasteiger charge is -2.32. The summed E-state index contributed by atoms with van der Waals surface area (Å²) in [5.41, 5.74) is 0.768. The van der Waals surface area contributed by atoms with E-state index in [0.717, 1.165) is 17.7 Å². The number of amides is 1. The summed E-state index contributed by atoms with van der Waals surface area (Å²) < 4.78 is 34.9. The molecule has 4 aromatic rings. The third kappa shape index (κ3) is 3.75. The van der Waals surface area contributed by atoms with Crippen molar-refractivity contribution in [2.75, 3.05) is 13.1 Å². The summed E-state index contributed by atoms with van der Waals surface area (Å²) in [6.45, 7) is 0.705. The molecule has 10 heteroatoms. The zero-order valence-electron chi connectivity index (χ0n) is 16.9. The van der Waals surface area contributed by atoms with Crippen LogP contribution in [0, 0.1) is 11.6 Å². The number of carbonyl (C=O) groups is 1. The maximum Gasteiger partial charge on any atom is 0.280 e. The van der Waals surface area contributed by atoms with E-state index in [0.29, 0.717) is 37.4 Å². The number of likely N-dealkylation sites (tertiary alicyclic amines) is 1. The van der Waals surface area contributed by atoms with Crippen molar-refractivity contribution in [1.82, 2.24) is 30.0 Å². The number of aromatic nitrogens is 5. The molecule has 2 aromatic carbocycles. The number of rotatable bonds is 4. The van der Waals surface area contributed by atoms with Crippen LogP contribution < -0.4 is 0 Å². The van der Waals surface area contributed by atoms with Gasteiger partial charge in [-0.15, -0.1) is 5.10 Å². The van der Waals surface area contributed by atoms with Crippen LogP contribution in [0.3, 0.4) is 0 Å². The molecule has 0 saturated carbocycles. The second-order valence-electron chi connectivity index (χ2n) is 7.49. The maximum atomic E-state index is 13.9. The molecule has 1 aliphatic heterocycles. The Morgan fingerprint density at radius 2 is 1.72 bits per heavy atom. The van der Waals surface area contributed by atoms with E-state index < -0.39 is 23.1 Å². The third-order valence-electron chi connectivity index (χ3n) is 5.49. The van der Waals surface area contributed by atoms with E-state index in [1.165, 1.54) is 11.0 Å². The SMILES string of the molecule is O=C(c1c(F)cccc1F)N1CCC(n2cc(-c3nc(-c4ccccc4)no3)nn2)CC1. The van der Waals surface area contributed by atoms with Crippen LogP contribution in [0.5, 0.6) is 0 Å². The van der Waals surface area contributed by atoms with Crippen LogP contribution in [0.4, 0.5) is 8.78 Å². The molecule has 0 bridgehead atoms. The fourth-order valence-electron chi connectivity index (χ4n) is 3.78. The van der Waals surface area contributed by atoms with Gasteiger partial charge in [-0.05, 0) is 25.0 Å². The molecule has 0 unspecified atom stereocenters. The van der Waals surface area contributed by atoms with Gasteiger partial charge >= 0.3 is 0 Å². The molecule has 1 fully saturated rings. The molecular formula is C22H18F2N6O2. The van der Waals surface area contributed by atoms with Crippen molar-refractivity contribution < 1.29 is 18.1 Å². The summed E-state index contributed by atoms with van der Waals surface area (Å²) >= 11 is 0. The molecule has 1 saturated heterocycles. The molecule has 0 aliphatic carbocycles. The van der Waals surface area contributed by atoms with Crippen molar-refractivity contribution in [3.8, 4) is 23.0 Å². The average Bonchev–Trinajstić information content (AvgIpc) is 3.50. The van der Waals surface area contributed by atoms with Gasteiger partial charge in [0, 0.05) is 18.7 Å². The van der Waals surface area contributed by atoms with Crippen molar-refractivity contribution in [3.05, 3.63) is 71.9 Å². The van der Waals surface area contributed by atoms with Crippen molar-refractivity contribution in [3.63, 3.8) is 0 Å². The Balaban J connectivity index is 1.26. The Kier molecular flexibility index (Phi) is 5.18. The third-order valence-corrected chi connectivity index (χ3v) is 5.49. The predicted octanol–water partition coefficient (Wildman–Crippen LogP) is 3.75. The van der Waals surface area contributed by atoms with Gasteiger partial charge in [-0.3, -0.25) is 4.79 Å². The lowest BCUT2D eigenvalue weighted by Crippen LogP contribution is -2.39. The van der Waals surface area contributed by atoms with E-state index in [1.54, 1.807) is 10.9 Å². The monoisotopic (exact) mass is 436 g/mol. The summed E-state index contributed by atoms with van der Waals surface area (Å²) in [5.74, 6) is -1.63. The molecule has 3 heterocycles. The summed E-state index contributed by atoms with van der Waals surface area (Å²) in [7, 11) is 0. The Morgan fingerprint density at radius 1 is 1.00 bits per heavy atom. The van der Waals surface area contributed by atoms with Gasteiger partial charge in [0.2, 0.25) is 5.82 Å². The number of nitrogens with zero attached hydrogens (tertiary/aromatic N) is 6. The minimum absolute atomic E-state index is 0.0118. The number of hydrogen-bond donors (Lipinski definition) is 0. The van der Waals surface area contributed by atoms with E-state index >= 15 is 0 Å². The van der Waals surface area contributed by atoms with Gasteiger partial charge in [0.25, 0.3) is 11.8 Å². The molecule has 0 atom stereocenters. The van der Waals surface area contributed by atoms with Gasteiger partial charge in [0.05, 0.1) is 12.2 Å². The molecule has 5 rings (SSSR count). The fourth-order valence-corrected chi connectivity index (χ4v) is 3.78. The second-order valence-corrected chi connectivity index (χ2v) is 7.49. The zero-order chi connectivity index (χ0) is 22.1. The van der Waals surface area contributed by atoms with E-state index in [2.05, 4.69) is 20.5 Å². The van der Waals surface area contributed by atoms with Crippen LogP contribution in [0.1, 0.15) is 29.2 Å². The highest BCUT2D eigenvalue weighted by Gasteiger charge is 2.29. The summed E-state index contributed by atoms with van der Waals surface area (Å²) in [6.07, 6.45) is 2.87. The van der Waals surface area contributed by atoms with Gasteiger partial charge in [-0.1, -0.05) is 46.8 Å². The molecule has 162 valence electrons. The van der Waals surface area contributed by atoms with Crippen molar-refractivity contribution in [2.45, 2.75) is 18.9 Å². The maximum absolute atomic E-state index is 13.9. The van der Waals surface area contributed by atoms with Gasteiger partial charge in [-0.25, -0.2) is 13.5 Å². The number of benzene rings is 2. The quantitative estimate of drug-likeness (QED) is 0.484. The number of hydrogen-bond acceptors (Lipinski definition) is 6. The van der Waals surface area contributed by atoms with Crippen LogP contribution in [-0.4, -0.2) is 49.0 Å². The predicted molar refractivity (Wildman–Crippen MR) is 109 cm³/mol. The first kappa shape index (κ1) is 20.0. The van der Waals surface area contributed by atoms with E-state index in [9.17, 15) is 13.6 Å². The number of halogens is 2. The molecular weight excluding hydrogens is 418 g/mol. The normalized spacial score (nSPS) is 14.6. The lowest BCUT2D eigenvalue weighted by atomic mass is 10.0. The van der Waals surface area contributed by atoms with Gasteiger partial charge in [0.15, 0.2) is 5.69 Å². The lowest BCUT2D eigenvalue weighted by molar-refractivity contribution is 0.0679. The van der Waals surface area contributed by atoms with E-state index in [4.69, 9.17) is 4.52 Å². The molecule has 32 heavy (non-hydrogen) atoms. The number of carbonyl (C=O) groups excluding carboxylic acids is 1. The minimum Gasteiger partial charge on any atom is -0.338 e. The largest absolute Gasteiger partial charge is 0.338 e. The Bertz CT molecular complexity index is 1230. The smallest absolute Gasteiger partial charge is 0.280 e. The fraction of sp³-hybridized carbons (Fsp3) is 0.227. The molecule has 8 nitrogen and oxygen atoms in total. The molecule has 0 spiro atoms. The van der Waals surface area contributed by atoms with Crippen molar-refractivity contribution >= 4 is 5.91 Å². The first-order valence-corrected chi connectivity index (χ1v) is 10.1. The van der Waals surface area contributed by atoms with Gasteiger partial charge in [0.1, 0.15) is 17.2 Å². The molecule has 0 radical (unpaired) electrons. The van der Waals surface area contributed by atoms with Crippen LogP contribution >= 0.6 is 0 Å². The second kappa shape index (κ2) is 8.29. The van der Waals surface area contributed by atoms with Crippen LogP contribution in [0.2, 0.25) is 0 Å². The zero-order valence-corrected chi connectivity index (χ0v) is 16.9. The van der Waals surface area contributed by atoms with E-state index in [-0.39, 0.29) is 11.9 Å². The number of piperidine rings is 1. The van der Waals surface area contributed by atoms with Crippen LogP contribution in [0.25, 0.3) is 23.0 Å². The Labute approximate surface area is 181 Å². The average molecular weight is 436 g/mol. The highest BCUT2D eigenvalue weighted by atomic mass is 19.1. The molecule has 1 amide bonds. The molecule has 1 aliphatic rings. The van der Waals surface area contributed by atoms with Crippen molar-refractivity contribution in [2.24, 2.45) is 0 Å². The highest BCUT2D eigenvalue weighted by Crippen LogP contribution is 2.26. The highest BCUT2D eigenvalue weighted by molar-refractivity contribution is 5.94. The Morgan fingerprint density at radius 3 is 2.44 bits per heavy atom. The van der Waals surface area contributed by atoms with Crippen LogP contribution in [0.15, 0.2) is 59.3 Å². The molecule has 0 N–H and O–H groups in total.